The van der Waals surface area contributed by atoms with E-state index in [4.69, 9.17) is 23.2 Å². The first-order valence-electron chi connectivity index (χ1n) is 2.56. The highest BCUT2D eigenvalue weighted by Gasteiger charge is 2.10. The summed E-state index contributed by atoms with van der Waals surface area (Å²) >= 11 is 16.6. The minimum Gasteiger partial charge on any atom is -0.505 e. The number of hydrogen-bond acceptors (Lipinski definition) is 1. The SMILES string of the molecule is Oc1c(Cl)cc(Br)c(Cl)c1I. The van der Waals surface area contributed by atoms with E-state index in [1.165, 1.54) is 0 Å². The Balaban J connectivity index is 3.46. The molecule has 0 radical (unpaired) electrons. The maximum Gasteiger partial charge on any atom is 0.149 e. The average Bonchev–Trinajstić information content (AvgIpc) is 1.97. The van der Waals surface area contributed by atoms with E-state index in [0.717, 1.165) is 0 Å². The molecule has 0 unspecified atom stereocenters. The third kappa shape index (κ3) is 1.94. The number of aromatic hydroxyl groups is 1. The minimum absolute atomic E-state index is 0.0282. The first-order valence-corrected chi connectivity index (χ1v) is 5.18. The van der Waals surface area contributed by atoms with Crippen LogP contribution in [0.1, 0.15) is 0 Å². The molecular weight excluding hydrogens is 366 g/mol. The first kappa shape index (κ1) is 9.89. The van der Waals surface area contributed by atoms with Crippen molar-refractivity contribution in [2.24, 2.45) is 0 Å². The van der Waals surface area contributed by atoms with Gasteiger partial charge in [0.15, 0.2) is 0 Å². The van der Waals surface area contributed by atoms with E-state index >= 15 is 0 Å². The molecule has 0 saturated carbocycles. The van der Waals surface area contributed by atoms with Crippen LogP contribution in [0.3, 0.4) is 0 Å². The van der Waals surface area contributed by atoms with E-state index in [1.54, 1.807) is 6.07 Å². The number of phenols is 1. The van der Waals surface area contributed by atoms with Gasteiger partial charge in [-0.25, -0.2) is 0 Å². The third-order valence-electron chi connectivity index (χ3n) is 1.09. The Bertz CT molecular complexity index is 277. The Morgan fingerprint density at radius 3 is 2.55 bits per heavy atom. The van der Waals surface area contributed by atoms with Gasteiger partial charge in [0, 0.05) is 4.47 Å². The van der Waals surface area contributed by atoms with Gasteiger partial charge in [-0.1, -0.05) is 23.2 Å². The summed E-state index contributed by atoms with van der Waals surface area (Å²) in [6.07, 6.45) is 0. The molecule has 0 aromatic heterocycles. The van der Waals surface area contributed by atoms with E-state index < -0.39 is 0 Å². The van der Waals surface area contributed by atoms with Gasteiger partial charge in [0.1, 0.15) is 5.75 Å². The second-order valence-corrected chi connectivity index (χ2v) is 4.54. The quantitative estimate of drug-likeness (QED) is 0.416. The van der Waals surface area contributed by atoms with E-state index in [0.29, 0.717) is 18.1 Å². The Hall–Kier alpha value is 0.810. The highest BCUT2D eigenvalue weighted by Crippen LogP contribution is 2.38. The van der Waals surface area contributed by atoms with Gasteiger partial charge in [0.25, 0.3) is 0 Å². The fourth-order valence-corrected chi connectivity index (χ4v) is 2.57. The van der Waals surface area contributed by atoms with Crippen LogP contribution in [-0.4, -0.2) is 5.11 Å². The highest BCUT2D eigenvalue weighted by atomic mass is 127. The molecule has 1 N–H and O–H groups in total. The van der Waals surface area contributed by atoms with Crippen LogP contribution < -0.4 is 0 Å². The zero-order valence-corrected chi connectivity index (χ0v) is 10.3. The molecule has 1 rings (SSSR count). The summed E-state index contributed by atoms with van der Waals surface area (Å²) in [7, 11) is 0. The van der Waals surface area contributed by atoms with E-state index in [9.17, 15) is 5.11 Å². The predicted molar refractivity (Wildman–Crippen MR) is 58.5 cm³/mol. The Morgan fingerprint density at radius 1 is 1.45 bits per heavy atom. The molecule has 60 valence electrons. The predicted octanol–water partition coefficient (Wildman–Crippen LogP) is 4.07. The van der Waals surface area contributed by atoms with Gasteiger partial charge in [-0.15, -0.1) is 0 Å². The van der Waals surface area contributed by atoms with Crippen LogP contribution in [0.25, 0.3) is 0 Å². The van der Waals surface area contributed by atoms with Crippen molar-refractivity contribution in [2.45, 2.75) is 0 Å². The molecule has 0 aliphatic carbocycles. The molecule has 5 heteroatoms. The molecule has 0 fully saturated rings. The second-order valence-electron chi connectivity index (χ2n) is 1.82. The third-order valence-corrected chi connectivity index (χ3v) is 3.99. The van der Waals surface area contributed by atoms with Crippen LogP contribution in [-0.2, 0) is 0 Å². The molecule has 1 aromatic rings. The van der Waals surface area contributed by atoms with Crippen LogP contribution in [0.5, 0.6) is 5.75 Å². The van der Waals surface area contributed by atoms with Gasteiger partial charge in [-0.2, -0.15) is 0 Å². The Labute approximate surface area is 96.0 Å². The van der Waals surface area contributed by atoms with Gasteiger partial charge in [0.05, 0.1) is 13.6 Å². The molecular formula is C6H2BrCl2IO. The summed E-state index contributed by atoms with van der Waals surface area (Å²) in [6, 6.07) is 1.56. The van der Waals surface area contributed by atoms with Crippen LogP contribution in [0.15, 0.2) is 10.5 Å². The van der Waals surface area contributed by atoms with E-state index in [2.05, 4.69) is 15.9 Å². The van der Waals surface area contributed by atoms with Gasteiger partial charge in [0.2, 0.25) is 0 Å². The molecule has 0 amide bonds. The number of phenolic OH excluding ortho intramolecular Hbond substituents is 1. The lowest BCUT2D eigenvalue weighted by atomic mass is 10.3. The van der Waals surface area contributed by atoms with Crippen LogP contribution in [0.2, 0.25) is 10.0 Å². The van der Waals surface area contributed by atoms with E-state index in [1.807, 2.05) is 22.6 Å². The summed E-state index contributed by atoms with van der Waals surface area (Å²) in [5.41, 5.74) is 0. The molecule has 0 aliphatic rings. The summed E-state index contributed by atoms with van der Waals surface area (Å²) in [5.74, 6) is 0.0282. The second kappa shape index (κ2) is 3.68. The zero-order valence-electron chi connectivity index (χ0n) is 5.04. The highest BCUT2D eigenvalue weighted by molar-refractivity contribution is 14.1. The van der Waals surface area contributed by atoms with Gasteiger partial charge in [-0.3, -0.25) is 0 Å². The van der Waals surface area contributed by atoms with Crippen molar-refractivity contribution in [3.8, 4) is 5.75 Å². The monoisotopic (exact) mass is 366 g/mol. The smallest absolute Gasteiger partial charge is 0.149 e. The van der Waals surface area contributed by atoms with Crippen molar-refractivity contribution in [2.75, 3.05) is 0 Å². The van der Waals surface area contributed by atoms with Crippen molar-refractivity contribution in [1.29, 1.82) is 0 Å². The molecule has 1 aromatic carbocycles. The van der Waals surface area contributed by atoms with Crippen LogP contribution in [0.4, 0.5) is 0 Å². The average molecular weight is 368 g/mol. The van der Waals surface area contributed by atoms with Crippen molar-refractivity contribution in [1.82, 2.24) is 0 Å². The molecule has 0 spiro atoms. The van der Waals surface area contributed by atoms with Crippen molar-refractivity contribution in [3.63, 3.8) is 0 Å². The maximum absolute atomic E-state index is 9.27. The normalized spacial score (nSPS) is 10.2. The van der Waals surface area contributed by atoms with Gasteiger partial charge < -0.3 is 5.11 Å². The summed E-state index contributed by atoms with van der Waals surface area (Å²) < 4.78 is 1.25. The Morgan fingerprint density at radius 2 is 2.00 bits per heavy atom. The zero-order chi connectivity index (χ0) is 8.59. The summed E-state index contributed by atoms with van der Waals surface area (Å²) in [5, 5.41) is 10.0. The van der Waals surface area contributed by atoms with Crippen molar-refractivity contribution < 1.29 is 5.11 Å². The maximum atomic E-state index is 9.27. The molecule has 0 aliphatic heterocycles. The lowest BCUT2D eigenvalue weighted by Gasteiger charge is -2.03. The van der Waals surface area contributed by atoms with Crippen LogP contribution >= 0.6 is 61.7 Å². The fourth-order valence-electron chi connectivity index (χ4n) is 0.557. The minimum atomic E-state index is 0.0282. The number of benzene rings is 1. The van der Waals surface area contributed by atoms with Gasteiger partial charge >= 0.3 is 0 Å². The number of rotatable bonds is 0. The fraction of sp³-hybridized carbons (Fsp3) is 0. The van der Waals surface area contributed by atoms with Crippen molar-refractivity contribution in [3.05, 3.63) is 24.2 Å². The molecule has 11 heavy (non-hydrogen) atoms. The molecule has 0 bridgehead atoms. The standard InChI is InChI=1S/C6H2BrCl2IO/c7-2-1-3(8)6(11)5(10)4(2)9/h1,11H. The number of hydrogen-bond donors (Lipinski definition) is 1. The summed E-state index contributed by atoms with van der Waals surface area (Å²) in [6.45, 7) is 0. The molecule has 1 nitrogen and oxygen atoms in total. The lowest BCUT2D eigenvalue weighted by Crippen LogP contribution is -1.79. The van der Waals surface area contributed by atoms with Crippen LogP contribution in [0, 0.1) is 3.57 Å². The largest absolute Gasteiger partial charge is 0.505 e. The van der Waals surface area contributed by atoms with Crippen molar-refractivity contribution >= 4 is 61.7 Å². The molecule has 0 atom stereocenters. The van der Waals surface area contributed by atoms with Gasteiger partial charge in [-0.05, 0) is 44.6 Å². The number of halogens is 4. The summed E-state index contributed by atoms with van der Waals surface area (Å²) in [4.78, 5) is 0. The van der Waals surface area contributed by atoms with E-state index in [-0.39, 0.29) is 5.75 Å². The first-order chi connectivity index (χ1) is 5.04. The topological polar surface area (TPSA) is 20.2 Å². The Kier molecular flexibility index (Phi) is 3.31. The molecule has 0 heterocycles. The lowest BCUT2D eigenvalue weighted by molar-refractivity contribution is 0.471. The molecule has 0 saturated heterocycles.